The van der Waals surface area contributed by atoms with Crippen molar-refractivity contribution in [1.29, 1.82) is 0 Å². The van der Waals surface area contributed by atoms with Gasteiger partial charge in [-0.3, -0.25) is 14.8 Å². The number of nitrogens with zero attached hydrogens (tertiary/aromatic N) is 3. The van der Waals surface area contributed by atoms with Gasteiger partial charge in [0.15, 0.2) is 0 Å². The first-order valence-electron chi connectivity index (χ1n) is 15.1. The molecule has 44 heavy (non-hydrogen) atoms. The molecular weight excluding hydrogens is 566 g/mol. The van der Waals surface area contributed by atoms with E-state index in [2.05, 4.69) is 77.8 Å². The predicted molar refractivity (Wildman–Crippen MR) is 179 cm³/mol. The average molecular weight is 608 g/mol. The summed E-state index contributed by atoms with van der Waals surface area (Å²) < 4.78 is 14.0. The Bertz CT molecular complexity index is 1710. The van der Waals surface area contributed by atoms with Crippen molar-refractivity contribution in [3.63, 3.8) is 0 Å². The number of carbonyl (C=O) groups is 1. The van der Waals surface area contributed by atoms with Gasteiger partial charge in [0.2, 0.25) is 0 Å². The van der Waals surface area contributed by atoms with E-state index >= 15 is 0 Å². The molecule has 228 valence electrons. The molecule has 5 rings (SSSR count). The first-order valence-corrected chi connectivity index (χ1v) is 15.9. The summed E-state index contributed by atoms with van der Waals surface area (Å²) in [6, 6.07) is 24.8. The van der Waals surface area contributed by atoms with Crippen LogP contribution in [-0.4, -0.2) is 31.9 Å². The number of carbonyl (C=O) groups excluding carboxylic acids is 1. The molecule has 0 radical (unpaired) electrons. The quantitative estimate of drug-likeness (QED) is 0.110. The Hall–Kier alpha value is -4.10. The Morgan fingerprint density at radius 1 is 0.909 bits per heavy atom. The highest BCUT2D eigenvalue weighted by Crippen LogP contribution is 2.44. The Kier molecular flexibility index (Phi) is 9.45. The number of esters is 1. The van der Waals surface area contributed by atoms with Crippen molar-refractivity contribution < 1.29 is 14.3 Å². The van der Waals surface area contributed by atoms with E-state index in [4.69, 9.17) is 9.47 Å². The van der Waals surface area contributed by atoms with Crippen molar-refractivity contribution in [3.8, 4) is 16.9 Å². The first kappa shape index (κ1) is 31.3. The number of benzene rings is 2. The molecule has 0 aliphatic rings. The van der Waals surface area contributed by atoms with Crippen LogP contribution in [0.1, 0.15) is 58.5 Å². The molecule has 6 nitrogen and oxygen atoms in total. The average Bonchev–Trinajstić information content (AvgIpc) is 3.26. The predicted octanol–water partition coefficient (Wildman–Crippen LogP) is 8.75. The first-order chi connectivity index (χ1) is 21.0. The van der Waals surface area contributed by atoms with E-state index in [0.717, 1.165) is 39.2 Å². The second-order valence-corrected chi connectivity index (χ2v) is 14.4. The summed E-state index contributed by atoms with van der Waals surface area (Å²) in [4.78, 5) is 23.0. The highest BCUT2D eigenvalue weighted by atomic mass is 32.2. The molecule has 3 aromatic heterocycles. The molecule has 0 aliphatic carbocycles. The molecule has 5 aromatic rings. The zero-order chi connectivity index (χ0) is 31.3. The molecule has 0 saturated heterocycles. The number of thioether (sulfide) groups is 1. The van der Waals surface area contributed by atoms with Crippen LogP contribution in [0.2, 0.25) is 0 Å². The highest BCUT2D eigenvalue weighted by Gasteiger charge is 2.34. The van der Waals surface area contributed by atoms with Crippen molar-refractivity contribution in [3.05, 3.63) is 108 Å². The van der Waals surface area contributed by atoms with Gasteiger partial charge in [-0.05, 0) is 73.9 Å². The van der Waals surface area contributed by atoms with Crippen LogP contribution in [0.25, 0.3) is 22.0 Å². The lowest BCUT2D eigenvalue weighted by Gasteiger charge is -2.26. The number of pyridine rings is 2. The van der Waals surface area contributed by atoms with Crippen LogP contribution in [0.4, 0.5) is 0 Å². The minimum Gasteiger partial charge on any atom is -0.487 e. The van der Waals surface area contributed by atoms with Gasteiger partial charge in [-0.25, -0.2) is 0 Å². The van der Waals surface area contributed by atoms with E-state index in [1.807, 2.05) is 69.1 Å². The summed E-state index contributed by atoms with van der Waals surface area (Å²) in [5.41, 5.74) is 5.78. The number of aromatic nitrogens is 3. The van der Waals surface area contributed by atoms with Gasteiger partial charge >= 0.3 is 5.97 Å². The Morgan fingerprint density at radius 2 is 1.70 bits per heavy atom. The maximum absolute atomic E-state index is 13.1. The fraction of sp³-hybridized carbons (Fsp3) is 0.324. The van der Waals surface area contributed by atoms with E-state index in [9.17, 15) is 4.79 Å². The largest absolute Gasteiger partial charge is 0.487 e. The Morgan fingerprint density at radius 3 is 2.36 bits per heavy atom. The summed E-state index contributed by atoms with van der Waals surface area (Å²) in [7, 11) is 0. The normalized spacial score (nSPS) is 12.0. The lowest BCUT2D eigenvalue weighted by atomic mass is 9.87. The standard InChI is InChI=1S/C37H41N3O3S/c1-7-42-35(41)37(5,6)22-33-34(44-36(2,3)4)31-21-30(43-25-29-12-8-9-20-39-29)17-18-32(31)40(33)24-26-13-15-27(16-14-26)28-11-10-19-38-23-28/h8-21,23H,7,22,24-25H2,1-6H3. The molecule has 7 heteroatoms. The number of hydrogen-bond acceptors (Lipinski definition) is 6. The van der Waals surface area contributed by atoms with Crippen molar-refractivity contribution in [2.24, 2.45) is 5.41 Å². The van der Waals surface area contributed by atoms with Gasteiger partial charge in [0.05, 0.1) is 17.7 Å². The van der Waals surface area contributed by atoms with Gasteiger partial charge in [0, 0.05) is 57.8 Å². The number of ether oxygens (including phenoxy) is 2. The third-order valence-corrected chi connectivity index (χ3v) is 8.61. The zero-order valence-corrected chi connectivity index (χ0v) is 27.3. The Labute approximate surface area is 264 Å². The molecule has 0 saturated carbocycles. The summed E-state index contributed by atoms with van der Waals surface area (Å²) in [6.45, 7) is 13.9. The maximum Gasteiger partial charge on any atom is 0.311 e. The Balaban J connectivity index is 1.60. The topological polar surface area (TPSA) is 66.2 Å². The zero-order valence-electron chi connectivity index (χ0n) is 26.5. The maximum atomic E-state index is 13.1. The smallest absolute Gasteiger partial charge is 0.311 e. The van der Waals surface area contributed by atoms with Crippen molar-refractivity contribution in [2.45, 2.75) is 70.8 Å². The molecule has 0 spiro atoms. The van der Waals surface area contributed by atoms with Crippen molar-refractivity contribution >= 4 is 28.6 Å². The van der Waals surface area contributed by atoms with Crippen LogP contribution in [0.15, 0.2) is 96.3 Å². The van der Waals surface area contributed by atoms with Gasteiger partial charge < -0.3 is 14.0 Å². The van der Waals surface area contributed by atoms with E-state index in [0.29, 0.717) is 26.2 Å². The monoisotopic (exact) mass is 607 g/mol. The van der Waals surface area contributed by atoms with Crippen LogP contribution >= 0.6 is 11.8 Å². The minimum absolute atomic E-state index is 0.0574. The van der Waals surface area contributed by atoms with Crippen molar-refractivity contribution in [2.75, 3.05) is 6.61 Å². The van der Waals surface area contributed by atoms with E-state index in [1.165, 1.54) is 10.5 Å². The molecular formula is C37H41N3O3S. The minimum atomic E-state index is -0.711. The van der Waals surface area contributed by atoms with Crippen molar-refractivity contribution in [1.82, 2.24) is 14.5 Å². The number of rotatable bonds is 11. The molecule has 3 heterocycles. The summed E-state index contributed by atoms with van der Waals surface area (Å²) in [5, 5.41) is 1.12. The third-order valence-electron chi connectivity index (χ3n) is 7.34. The van der Waals surface area contributed by atoms with Crippen LogP contribution in [0, 0.1) is 5.41 Å². The van der Waals surface area contributed by atoms with Gasteiger partial charge in [-0.1, -0.05) is 57.2 Å². The van der Waals surface area contributed by atoms with Gasteiger partial charge in [-0.2, -0.15) is 0 Å². The lowest BCUT2D eigenvalue weighted by molar-refractivity contribution is -0.153. The molecule has 0 unspecified atom stereocenters. The molecule has 0 aliphatic heterocycles. The third kappa shape index (κ3) is 7.51. The van der Waals surface area contributed by atoms with Gasteiger partial charge in [0.1, 0.15) is 12.4 Å². The number of fused-ring (bicyclic) bond motifs is 1. The second kappa shape index (κ2) is 13.3. The van der Waals surface area contributed by atoms with Crippen LogP contribution in [0.3, 0.4) is 0 Å². The molecule has 0 bridgehead atoms. The molecule has 0 N–H and O–H groups in total. The van der Waals surface area contributed by atoms with Gasteiger partial charge in [0.25, 0.3) is 0 Å². The second-order valence-electron chi connectivity index (χ2n) is 12.6. The highest BCUT2D eigenvalue weighted by molar-refractivity contribution is 8.00. The van der Waals surface area contributed by atoms with E-state index in [1.54, 1.807) is 12.4 Å². The van der Waals surface area contributed by atoms with Crippen LogP contribution in [0.5, 0.6) is 5.75 Å². The van der Waals surface area contributed by atoms with E-state index < -0.39 is 5.41 Å². The summed E-state index contributed by atoms with van der Waals surface area (Å²) in [5.74, 6) is 0.594. The van der Waals surface area contributed by atoms with E-state index in [-0.39, 0.29) is 10.7 Å². The van der Waals surface area contributed by atoms with Gasteiger partial charge in [-0.15, -0.1) is 11.8 Å². The molecule has 0 fully saturated rings. The van der Waals surface area contributed by atoms with Crippen LogP contribution < -0.4 is 4.74 Å². The van der Waals surface area contributed by atoms with Crippen LogP contribution in [-0.2, 0) is 29.1 Å². The number of hydrogen-bond donors (Lipinski definition) is 0. The molecule has 0 atom stereocenters. The lowest BCUT2D eigenvalue weighted by Crippen LogP contribution is -2.30. The molecule has 2 aromatic carbocycles. The fourth-order valence-corrected chi connectivity index (χ4v) is 6.38. The summed E-state index contributed by atoms with van der Waals surface area (Å²) in [6.07, 6.45) is 5.99. The molecule has 0 amide bonds. The summed E-state index contributed by atoms with van der Waals surface area (Å²) >= 11 is 1.83. The fourth-order valence-electron chi connectivity index (χ4n) is 5.20. The SMILES string of the molecule is CCOC(=O)C(C)(C)Cc1c(SC(C)(C)C)c2cc(OCc3ccccn3)ccc2n1Cc1ccc(-c2cccnc2)cc1.